The van der Waals surface area contributed by atoms with Crippen LogP contribution in [0.25, 0.3) is 0 Å². The lowest BCUT2D eigenvalue weighted by Gasteiger charge is -2.17. The molecule has 0 saturated carbocycles. The van der Waals surface area contributed by atoms with Crippen molar-refractivity contribution in [3.05, 3.63) is 65.2 Å². The van der Waals surface area contributed by atoms with Crippen molar-refractivity contribution in [1.29, 1.82) is 0 Å². The van der Waals surface area contributed by atoms with Gasteiger partial charge in [-0.3, -0.25) is 4.79 Å². The minimum Gasteiger partial charge on any atom is -0.380 e. The fourth-order valence-electron chi connectivity index (χ4n) is 2.47. The zero-order valence-electron chi connectivity index (χ0n) is 19.0. The van der Waals surface area contributed by atoms with E-state index < -0.39 is 11.7 Å². The van der Waals surface area contributed by atoms with Gasteiger partial charge in [0.2, 0.25) is 5.91 Å². The second-order valence-electron chi connectivity index (χ2n) is 7.69. The number of para-hydroxylation sites is 1. The van der Waals surface area contributed by atoms with E-state index in [4.69, 9.17) is 0 Å². The standard InChI is InChI=1S/C13H19NO.C9H9F3O.C2H6/c1-10-7-5-6-8-11(10)14-12(15)9-13(2,3)4;1-13-6-7-4-2-3-5-8(7)9(10,11)12;1-2/h5-8H,9H2,1-4H3,(H,14,15);2-5H,6H2,1H3;1-2H3. The van der Waals surface area contributed by atoms with E-state index in [9.17, 15) is 18.0 Å². The second kappa shape index (κ2) is 13.1. The number of carbonyl (C=O) groups is 1. The highest BCUT2D eigenvalue weighted by atomic mass is 19.4. The van der Waals surface area contributed by atoms with Crippen LogP contribution < -0.4 is 5.32 Å². The minimum absolute atomic E-state index is 0.0182. The summed E-state index contributed by atoms with van der Waals surface area (Å²) in [5.74, 6) is 0.0804. The molecule has 0 saturated heterocycles. The number of nitrogens with one attached hydrogen (secondary N) is 1. The van der Waals surface area contributed by atoms with Crippen LogP contribution in [0.3, 0.4) is 0 Å². The number of amides is 1. The molecule has 0 fully saturated rings. The van der Waals surface area contributed by atoms with Crippen molar-refractivity contribution >= 4 is 11.6 Å². The Bertz CT molecular complexity index is 766. The number of halogens is 3. The SMILES string of the molecule is CC.COCc1ccccc1C(F)(F)F.Cc1ccccc1NC(=O)CC(C)(C)C. The lowest BCUT2D eigenvalue weighted by molar-refractivity contribution is -0.138. The van der Waals surface area contributed by atoms with E-state index in [1.54, 1.807) is 6.07 Å². The van der Waals surface area contributed by atoms with Gasteiger partial charge in [-0.15, -0.1) is 0 Å². The summed E-state index contributed by atoms with van der Waals surface area (Å²) in [5.41, 5.74) is 1.58. The summed E-state index contributed by atoms with van der Waals surface area (Å²) in [5, 5.41) is 2.93. The maximum atomic E-state index is 12.3. The number of anilines is 1. The molecule has 2 rings (SSSR count). The number of hydrogen-bond donors (Lipinski definition) is 1. The van der Waals surface area contributed by atoms with Crippen LogP contribution in [0.2, 0.25) is 0 Å². The van der Waals surface area contributed by atoms with E-state index >= 15 is 0 Å². The lowest BCUT2D eigenvalue weighted by Crippen LogP contribution is -2.20. The zero-order valence-corrected chi connectivity index (χ0v) is 19.0. The predicted octanol–water partition coefficient (Wildman–Crippen LogP) is 7.25. The van der Waals surface area contributed by atoms with Crippen molar-refractivity contribution in [2.45, 2.75) is 60.7 Å². The third-order valence-electron chi connectivity index (χ3n) is 3.73. The Kier molecular flexibility index (Phi) is 12.0. The smallest absolute Gasteiger partial charge is 0.380 e. The first-order chi connectivity index (χ1) is 13.9. The van der Waals surface area contributed by atoms with Crippen LogP contribution in [0.1, 0.15) is 57.7 Å². The van der Waals surface area contributed by atoms with Crippen LogP contribution >= 0.6 is 0 Å². The molecule has 0 unspecified atom stereocenters. The van der Waals surface area contributed by atoms with Gasteiger partial charge in [-0.05, 0) is 35.6 Å². The topological polar surface area (TPSA) is 38.3 Å². The molecule has 2 aromatic rings. The maximum absolute atomic E-state index is 12.3. The molecule has 0 aliphatic heterocycles. The van der Waals surface area contributed by atoms with E-state index in [2.05, 4.69) is 30.8 Å². The first-order valence-electron chi connectivity index (χ1n) is 9.93. The van der Waals surface area contributed by atoms with E-state index in [1.165, 1.54) is 19.2 Å². The number of methoxy groups -OCH3 is 1. The van der Waals surface area contributed by atoms with E-state index in [-0.39, 0.29) is 23.5 Å². The molecule has 0 aromatic heterocycles. The third kappa shape index (κ3) is 11.0. The minimum atomic E-state index is -4.30. The molecular weight excluding hydrogens is 391 g/mol. The Morgan fingerprint density at radius 3 is 2.00 bits per heavy atom. The molecular formula is C24H34F3NO2. The molecule has 0 aliphatic carbocycles. The highest BCUT2D eigenvalue weighted by molar-refractivity contribution is 5.91. The van der Waals surface area contributed by atoms with Crippen molar-refractivity contribution < 1.29 is 22.7 Å². The molecule has 0 spiro atoms. The number of benzene rings is 2. The highest BCUT2D eigenvalue weighted by Crippen LogP contribution is 2.31. The quantitative estimate of drug-likeness (QED) is 0.560. The van der Waals surface area contributed by atoms with E-state index in [0.717, 1.165) is 17.3 Å². The van der Waals surface area contributed by atoms with Crippen LogP contribution in [0.5, 0.6) is 0 Å². The number of alkyl halides is 3. The van der Waals surface area contributed by atoms with Gasteiger partial charge in [0.25, 0.3) is 0 Å². The monoisotopic (exact) mass is 425 g/mol. The summed E-state index contributed by atoms with van der Waals surface area (Å²) in [4.78, 5) is 11.7. The fourth-order valence-corrected chi connectivity index (χ4v) is 2.47. The Balaban J connectivity index is 0.000000522. The highest BCUT2D eigenvalue weighted by Gasteiger charge is 2.32. The van der Waals surface area contributed by atoms with Crippen LogP contribution in [-0.2, 0) is 22.3 Å². The number of hydrogen-bond acceptors (Lipinski definition) is 2. The molecule has 1 amide bonds. The number of ether oxygens (including phenoxy) is 1. The second-order valence-corrected chi connectivity index (χ2v) is 7.69. The zero-order chi connectivity index (χ0) is 23.4. The van der Waals surface area contributed by atoms with Gasteiger partial charge in [0, 0.05) is 19.2 Å². The number of aryl methyl sites for hydroxylation is 1. The summed E-state index contributed by atoms with van der Waals surface area (Å²) in [7, 11) is 1.37. The number of carbonyl (C=O) groups excluding carboxylic acids is 1. The summed E-state index contributed by atoms with van der Waals surface area (Å²) >= 11 is 0. The summed E-state index contributed by atoms with van der Waals surface area (Å²) in [6.07, 6.45) is -3.75. The predicted molar refractivity (Wildman–Crippen MR) is 117 cm³/mol. The van der Waals surface area contributed by atoms with Crippen LogP contribution in [-0.4, -0.2) is 13.0 Å². The van der Waals surface area contributed by atoms with Gasteiger partial charge in [-0.2, -0.15) is 13.2 Å². The molecule has 0 radical (unpaired) electrons. The van der Waals surface area contributed by atoms with Gasteiger partial charge >= 0.3 is 6.18 Å². The summed E-state index contributed by atoms with van der Waals surface area (Å²) in [6.45, 7) is 12.2. The van der Waals surface area contributed by atoms with Gasteiger partial charge in [0.05, 0.1) is 12.2 Å². The Labute approximate surface area is 178 Å². The largest absolute Gasteiger partial charge is 0.416 e. The lowest BCUT2D eigenvalue weighted by atomic mass is 9.92. The van der Waals surface area contributed by atoms with Crippen molar-refractivity contribution in [1.82, 2.24) is 0 Å². The molecule has 0 aliphatic rings. The Morgan fingerprint density at radius 2 is 1.50 bits per heavy atom. The van der Waals surface area contributed by atoms with Crippen molar-refractivity contribution in [2.75, 3.05) is 12.4 Å². The van der Waals surface area contributed by atoms with Crippen LogP contribution in [0.15, 0.2) is 48.5 Å². The van der Waals surface area contributed by atoms with Crippen molar-refractivity contribution in [3.63, 3.8) is 0 Å². The molecule has 0 heterocycles. The van der Waals surface area contributed by atoms with Gasteiger partial charge in [0.1, 0.15) is 0 Å². The van der Waals surface area contributed by atoms with Gasteiger partial charge in [-0.1, -0.05) is 71.0 Å². The summed E-state index contributed by atoms with van der Waals surface area (Å²) in [6, 6.07) is 13.2. The van der Waals surface area contributed by atoms with Gasteiger partial charge < -0.3 is 10.1 Å². The van der Waals surface area contributed by atoms with Crippen molar-refractivity contribution in [3.8, 4) is 0 Å². The molecule has 168 valence electrons. The molecule has 0 bridgehead atoms. The Morgan fingerprint density at radius 1 is 0.967 bits per heavy atom. The van der Waals surface area contributed by atoms with Gasteiger partial charge in [0.15, 0.2) is 0 Å². The third-order valence-corrected chi connectivity index (χ3v) is 3.73. The molecule has 6 heteroatoms. The summed E-state index contributed by atoms with van der Waals surface area (Å²) < 4.78 is 41.6. The molecule has 30 heavy (non-hydrogen) atoms. The first kappa shape index (κ1) is 27.7. The van der Waals surface area contributed by atoms with Crippen LogP contribution in [0.4, 0.5) is 18.9 Å². The maximum Gasteiger partial charge on any atom is 0.416 e. The normalized spacial score (nSPS) is 10.9. The Hall–Kier alpha value is -2.34. The molecule has 2 aromatic carbocycles. The van der Waals surface area contributed by atoms with E-state index in [0.29, 0.717) is 6.42 Å². The van der Waals surface area contributed by atoms with Crippen LogP contribution in [0, 0.1) is 12.3 Å². The van der Waals surface area contributed by atoms with Crippen molar-refractivity contribution in [2.24, 2.45) is 5.41 Å². The van der Waals surface area contributed by atoms with Gasteiger partial charge in [-0.25, -0.2) is 0 Å². The number of rotatable bonds is 4. The molecule has 0 atom stereocenters. The first-order valence-corrected chi connectivity index (χ1v) is 9.93. The van der Waals surface area contributed by atoms with E-state index in [1.807, 2.05) is 45.0 Å². The average molecular weight is 426 g/mol. The average Bonchev–Trinajstić information content (AvgIpc) is 2.64. The molecule has 3 nitrogen and oxygen atoms in total. The molecule has 1 N–H and O–H groups in total. The fraction of sp³-hybridized carbons (Fsp3) is 0.458.